The fourth-order valence-electron chi connectivity index (χ4n) is 2.21. The van der Waals surface area contributed by atoms with E-state index in [2.05, 4.69) is 14.0 Å². The number of hydrogen-bond acceptors (Lipinski definition) is 4. The molecule has 0 aromatic heterocycles. The first-order valence-electron chi connectivity index (χ1n) is 7.15. The predicted octanol–water partition coefficient (Wildman–Crippen LogP) is 2.10. The fourth-order valence-corrected chi connectivity index (χ4v) is 2.21. The second-order valence-corrected chi connectivity index (χ2v) is 5.59. The highest BCUT2D eigenvalue weighted by molar-refractivity contribution is 7.05. The Morgan fingerprint density at radius 1 is 0.900 bits per heavy atom. The van der Waals surface area contributed by atoms with Crippen LogP contribution in [0.15, 0.2) is 0 Å². The van der Waals surface area contributed by atoms with Crippen LogP contribution in [0.25, 0.3) is 0 Å². The van der Waals surface area contributed by atoms with Crippen LogP contribution in [0.3, 0.4) is 0 Å². The molecule has 0 bridgehead atoms. The Morgan fingerprint density at radius 3 is 1.65 bits per heavy atom. The van der Waals surface area contributed by atoms with E-state index in [9.17, 15) is 0 Å². The van der Waals surface area contributed by atoms with Crippen molar-refractivity contribution in [1.82, 2.24) is 0 Å². The lowest BCUT2D eigenvalue weighted by Crippen LogP contribution is -2.48. The smallest absolute Gasteiger partial charge is 0.326 e. The quantitative estimate of drug-likeness (QED) is 0.580. The van der Waals surface area contributed by atoms with Crippen molar-refractivity contribution in [3.05, 3.63) is 0 Å². The second kappa shape index (κ2) is 8.98. The summed E-state index contributed by atoms with van der Waals surface area (Å²) in [6, 6.07) is 0. The number of hydrogen-bond donors (Lipinski definition) is 0. The molecule has 0 N–H and O–H groups in total. The van der Waals surface area contributed by atoms with Crippen molar-refractivity contribution in [2.24, 2.45) is 0 Å². The van der Waals surface area contributed by atoms with E-state index in [1.54, 1.807) is 0 Å². The normalized spacial score (nSPS) is 16.3. The lowest BCUT2D eigenvalue weighted by molar-refractivity contribution is -0.914. The maximum Gasteiger partial charge on any atom is 0.383 e. The van der Waals surface area contributed by atoms with Crippen LogP contribution in [0.1, 0.15) is 39.0 Å². The maximum absolute atomic E-state index is 8.09. The molecule has 0 radical (unpaired) electrons. The summed E-state index contributed by atoms with van der Waals surface area (Å²) in [6.45, 7) is 6.56. The number of rotatable bonds is 3. The second-order valence-electron chi connectivity index (χ2n) is 5.59. The number of nitriles is 4. The number of piperidine rings is 1. The van der Waals surface area contributed by atoms with E-state index < -0.39 is 6.15 Å². The van der Waals surface area contributed by atoms with Gasteiger partial charge in [0.25, 0.3) is 0 Å². The summed E-state index contributed by atoms with van der Waals surface area (Å²) in [5.41, 5.74) is 0. The molecular weight excluding hydrogens is 249 g/mol. The van der Waals surface area contributed by atoms with Crippen molar-refractivity contribution in [1.29, 1.82) is 21.0 Å². The molecule has 1 saturated heterocycles. The summed E-state index contributed by atoms with van der Waals surface area (Å²) < 4.78 is 1.36. The summed E-state index contributed by atoms with van der Waals surface area (Å²) >= 11 is 0. The van der Waals surface area contributed by atoms with E-state index in [1.807, 2.05) is 0 Å². The minimum absolute atomic E-state index is 1.34. The molecule has 6 heteroatoms. The molecule has 1 aliphatic heterocycles. The standard InChI is InChI=1S/C10H22N.C4BN4/c1-3-4-8-11(2)9-6-5-7-10-11;6-1-5(2-7,3-8)4-9/h3-10H2,1-2H3;/q+1;-1. The summed E-state index contributed by atoms with van der Waals surface area (Å²) in [7, 11) is 2.43. The molecule has 0 unspecified atom stereocenters. The predicted molar refractivity (Wildman–Crippen MR) is 77.8 cm³/mol. The summed E-state index contributed by atoms with van der Waals surface area (Å²) in [6.07, 6.45) is 4.44. The van der Waals surface area contributed by atoms with Crippen LogP contribution in [0, 0.1) is 44.9 Å². The van der Waals surface area contributed by atoms with E-state index in [-0.39, 0.29) is 0 Å². The number of nitrogens with zero attached hydrogens (tertiary/aromatic N) is 5. The van der Waals surface area contributed by atoms with E-state index in [0.29, 0.717) is 0 Å². The average molecular weight is 271 g/mol. The minimum Gasteiger partial charge on any atom is -0.326 e. The van der Waals surface area contributed by atoms with Gasteiger partial charge >= 0.3 is 6.15 Å². The van der Waals surface area contributed by atoms with Gasteiger partial charge in [-0.05, 0) is 25.7 Å². The van der Waals surface area contributed by atoms with Gasteiger partial charge in [-0.3, -0.25) is 0 Å². The van der Waals surface area contributed by atoms with Gasteiger partial charge < -0.3 is 4.48 Å². The highest BCUT2D eigenvalue weighted by atomic mass is 15.3. The molecule has 106 valence electrons. The first-order chi connectivity index (χ1) is 9.51. The zero-order valence-corrected chi connectivity index (χ0v) is 12.5. The van der Waals surface area contributed by atoms with Crippen molar-refractivity contribution in [3.8, 4) is 23.9 Å². The summed E-state index contributed by atoms with van der Waals surface area (Å²) in [5, 5.41) is 32.3. The van der Waals surface area contributed by atoms with Gasteiger partial charge in [0.1, 0.15) is 0 Å². The van der Waals surface area contributed by atoms with Crippen LogP contribution in [-0.4, -0.2) is 37.3 Å². The van der Waals surface area contributed by atoms with Crippen molar-refractivity contribution < 1.29 is 4.48 Å². The van der Waals surface area contributed by atoms with Crippen LogP contribution < -0.4 is 0 Å². The number of likely N-dealkylation sites (tertiary alicyclic amines) is 1. The first kappa shape index (κ1) is 18.0. The Balaban J connectivity index is 0.000000370. The van der Waals surface area contributed by atoms with E-state index in [4.69, 9.17) is 21.0 Å². The van der Waals surface area contributed by atoms with E-state index in [1.165, 1.54) is 80.1 Å². The molecule has 0 amide bonds. The maximum atomic E-state index is 8.09. The molecule has 20 heavy (non-hydrogen) atoms. The molecular formula is C14H22BN5. The molecule has 1 fully saturated rings. The minimum atomic E-state index is -2.72. The SMILES string of the molecule is CCCC[N+]1(C)CCCCC1.N#C[B-](C#N)(C#N)C#N. The first-order valence-corrected chi connectivity index (χ1v) is 7.15. The van der Waals surface area contributed by atoms with Crippen molar-refractivity contribution in [2.75, 3.05) is 26.7 Å². The molecule has 1 rings (SSSR count). The zero-order chi connectivity index (χ0) is 15.5. The van der Waals surface area contributed by atoms with E-state index in [0.717, 1.165) is 0 Å². The Kier molecular flexibility index (Phi) is 8.07. The average Bonchev–Trinajstić information content (AvgIpc) is 2.50. The monoisotopic (exact) mass is 271 g/mol. The van der Waals surface area contributed by atoms with Gasteiger partial charge in [-0.15, -0.1) is 23.9 Å². The van der Waals surface area contributed by atoms with Crippen LogP contribution in [0.2, 0.25) is 0 Å². The highest BCUT2D eigenvalue weighted by Crippen LogP contribution is 2.16. The molecule has 1 aliphatic rings. The highest BCUT2D eigenvalue weighted by Gasteiger charge is 2.23. The van der Waals surface area contributed by atoms with Gasteiger partial charge in [-0.2, -0.15) is 0 Å². The molecule has 0 aromatic rings. The Labute approximate surface area is 122 Å². The Hall–Kier alpha value is -2.02. The van der Waals surface area contributed by atoms with Gasteiger partial charge in [0.05, 0.1) is 26.7 Å². The summed E-state index contributed by atoms with van der Waals surface area (Å²) in [5.74, 6) is 5.38. The Morgan fingerprint density at radius 2 is 1.35 bits per heavy atom. The van der Waals surface area contributed by atoms with E-state index >= 15 is 0 Å². The van der Waals surface area contributed by atoms with Crippen LogP contribution >= 0.6 is 0 Å². The third kappa shape index (κ3) is 5.75. The molecule has 0 saturated carbocycles. The number of unbranched alkanes of at least 4 members (excludes halogenated alkanes) is 1. The van der Waals surface area contributed by atoms with Crippen LogP contribution in [-0.2, 0) is 0 Å². The van der Waals surface area contributed by atoms with Gasteiger partial charge in [0.15, 0.2) is 0 Å². The Bertz CT molecular complexity index is 392. The largest absolute Gasteiger partial charge is 0.383 e. The van der Waals surface area contributed by atoms with Gasteiger partial charge in [0.2, 0.25) is 0 Å². The zero-order valence-electron chi connectivity index (χ0n) is 12.5. The van der Waals surface area contributed by atoms with Crippen molar-refractivity contribution >= 4 is 6.15 Å². The molecule has 0 aromatic carbocycles. The van der Waals surface area contributed by atoms with Crippen molar-refractivity contribution in [2.45, 2.75) is 39.0 Å². The van der Waals surface area contributed by atoms with Crippen molar-refractivity contribution in [3.63, 3.8) is 0 Å². The third-order valence-electron chi connectivity index (χ3n) is 3.72. The van der Waals surface area contributed by atoms with Gasteiger partial charge in [-0.25, -0.2) is 21.0 Å². The topological polar surface area (TPSA) is 95.2 Å². The van der Waals surface area contributed by atoms with Crippen LogP contribution in [0.5, 0.6) is 0 Å². The van der Waals surface area contributed by atoms with Gasteiger partial charge in [-0.1, -0.05) is 13.3 Å². The molecule has 0 spiro atoms. The lowest BCUT2D eigenvalue weighted by Gasteiger charge is -2.37. The molecule has 0 aliphatic carbocycles. The van der Waals surface area contributed by atoms with Gasteiger partial charge in [0, 0.05) is 0 Å². The fraction of sp³-hybridized carbons (Fsp3) is 0.714. The molecule has 0 atom stereocenters. The molecule has 1 heterocycles. The third-order valence-corrected chi connectivity index (χ3v) is 3.72. The van der Waals surface area contributed by atoms with Crippen LogP contribution in [0.4, 0.5) is 0 Å². The summed E-state index contributed by atoms with van der Waals surface area (Å²) in [4.78, 5) is 0. The molecule has 5 nitrogen and oxygen atoms in total. The number of quaternary nitrogens is 1. The lowest BCUT2D eigenvalue weighted by atomic mass is 9.30.